The number of pyridine rings is 1. The third-order valence-corrected chi connectivity index (χ3v) is 4.55. The van der Waals surface area contributed by atoms with Crippen LogP contribution in [0.4, 0.5) is 5.69 Å². The van der Waals surface area contributed by atoms with E-state index in [1.165, 1.54) is 5.56 Å². The first kappa shape index (κ1) is 17.4. The van der Waals surface area contributed by atoms with Crippen LogP contribution in [0, 0.1) is 6.92 Å². The fraction of sp³-hybridized carbons (Fsp3) is 0.263. The van der Waals surface area contributed by atoms with E-state index < -0.39 is 0 Å². The van der Waals surface area contributed by atoms with E-state index in [4.69, 9.17) is 4.74 Å². The molecule has 1 N–H and O–H groups in total. The van der Waals surface area contributed by atoms with E-state index >= 15 is 0 Å². The monoisotopic (exact) mass is 355 g/mol. The lowest BCUT2D eigenvalue weighted by atomic mass is 10.3. The Morgan fingerprint density at radius 3 is 2.76 bits per heavy atom. The molecule has 2 heterocycles. The molecule has 0 aliphatic carbocycles. The number of hydrogen-bond donors (Lipinski definition) is 1. The number of anilines is 1. The Hall–Kier alpha value is -2.47. The Kier molecular flexibility index (Phi) is 5.60. The second-order valence-corrected chi connectivity index (χ2v) is 6.69. The molecule has 5 nitrogen and oxygen atoms in total. The largest absolute Gasteiger partial charge is 0.494 e. The van der Waals surface area contributed by atoms with Gasteiger partial charge in [-0.1, -0.05) is 6.07 Å². The van der Waals surface area contributed by atoms with Crippen molar-refractivity contribution in [3.63, 3.8) is 0 Å². The Balaban J connectivity index is 1.48. The zero-order valence-electron chi connectivity index (χ0n) is 14.4. The van der Waals surface area contributed by atoms with Gasteiger partial charge < -0.3 is 14.5 Å². The molecule has 0 aliphatic rings. The molecule has 0 aliphatic heterocycles. The number of carbonyl (C=O) groups is 1. The summed E-state index contributed by atoms with van der Waals surface area (Å²) in [5.41, 5.74) is 3.88. The van der Waals surface area contributed by atoms with Gasteiger partial charge in [-0.25, -0.2) is 4.98 Å². The Bertz CT molecular complexity index is 859. The first-order valence-electron chi connectivity index (χ1n) is 8.19. The minimum Gasteiger partial charge on any atom is -0.494 e. The summed E-state index contributed by atoms with van der Waals surface area (Å²) < 4.78 is 7.41. The number of amides is 1. The van der Waals surface area contributed by atoms with Crippen molar-refractivity contribution in [2.45, 2.75) is 19.6 Å². The number of nitrogens with zero attached hydrogens (tertiary/aromatic N) is 2. The second-order valence-electron chi connectivity index (χ2n) is 5.70. The number of rotatable bonds is 7. The minimum absolute atomic E-state index is 0.0197. The van der Waals surface area contributed by atoms with Crippen LogP contribution in [0.15, 0.2) is 48.8 Å². The molecule has 3 aromatic rings. The molecule has 0 radical (unpaired) electrons. The Morgan fingerprint density at radius 1 is 1.20 bits per heavy atom. The van der Waals surface area contributed by atoms with Gasteiger partial charge in [0.15, 0.2) is 0 Å². The fourth-order valence-electron chi connectivity index (χ4n) is 2.47. The highest BCUT2D eigenvalue weighted by Crippen LogP contribution is 2.17. The molecular weight excluding hydrogens is 334 g/mol. The second kappa shape index (κ2) is 8.07. The molecule has 6 heteroatoms. The molecule has 3 rings (SSSR count). The highest BCUT2D eigenvalue weighted by molar-refractivity contribution is 7.99. The van der Waals surface area contributed by atoms with E-state index in [1.54, 1.807) is 11.8 Å². The lowest BCUT2D eigenvalue weighted by Gasteiger charge is -2.06. The number of ether oxygens (including phenoxy) is 1. The zero-order chi connectivity index (χ0) is 17.6. The van der Waals surface area contributed by atoms with Crippen molar-refractivity contribution in [1.82, 2.24) is 9.38 Å². The summed E-state index contributed by atoms with van der Waals surface area (Å²) >= 11 is 1.55. The molecule has 0 unspecified atom stereocenters. The summed E-state index contributed by atoms with van der Waals surface area (Å²) in [6.07, 6.45) is 4.06. The number of hydrogen-bond acceptors (Lipinski definition) is 4. The van der Waals surface area contributed by atoms with Crippen molar-refractivity contribution < 1.29 is 9.53 Å². The van der Waals surface area contributed by atoms with Gasteiger partial charge in [0.25, 0.3) is 0 Å². The van der Waals surface area contributed by atoms with Gasteiger partial charge in [-0.05, 0) is 49.7 Å². The number of benzene rings is 1. The lowest BCUT2D eigenvalue weighted by molar-refractivity contribution is -0.113. The predicted octanol–water partition coefficient (Wildman–Crippen LogP) is 3.91. The standard InChI is InChI=1S/C19H21N3O2S/c1-3-24-17-7-5-15(6-8-17)21-19(23)13-25-12-16-11-22-10-14(2)4-9-18(22)20-16/h4-11H,3,12-13H2,1-2H3,(H,21,23). The predicted molar refractivity (Wildman–Crippen MR) is 102 cm³/mol. The van der Waals surface area contributed by atoms with Gasteiger partial charge in [0.05, 0.1) is 18.1 Å². The van der Waals surface area contributed by atoms with Crippen molar-refractivity contribution in [1.29, 1.82) is 0 Å². The topological polar surface area (TPSA) is 55.6 Å². The van der Waals surface area contributed by atoms with Crippen LogP contribution >= 0.6 is 11.8 Å². The van der Waals surface area contributed by atoms with Crippen molar-refractivity contribution in [2.75, 3.05) is 17.7 Å². The maximum Gasteiger partial charge on any atom is 0.234 e. The van der Waals surface area contributed by atoms with Gasteiger partial charge in [0, 0.05) is 23.8 Å². The highest BCUT2D eigenvalue weighted by atomic mass is 32.2. The van der Waals surface area contributed by atoms with E-state index in [-0.39, 0.29) is 5.91 Å². The van der Waals surface area contributed by atoms with Gasteiger partial charge in [-0.15, -0.1) is 11.8 Å². The number of fused-ring (bicyclic) bond motifs is 1. The third kappa shape index (κ3) is 4.76. The number of imidazole rings is 1. The summed E-state index contributed by atoms with van der Waals surface area (Å²) in [5.74, 6) is 1.88. The third-order valence-electron chi connectivity index (χ3n) is 3.58. The van der Waals surface area contributed by atoms with Crippen LogP contribution in [-0.4, -0.2) is 27.7 Å². The van der Waals surface area contributed by atoms with Crippen LogP contribution in [0.25, 0.3) is 5.65 Å². The summed E-state index contributed by atoms with van der Waals surface area (Å²) in [6, 6.07) is 11.4. The van der Waals surface area contributed by atoms with Crippen LogP contribution in [0.5, 0.6) is 5.75 Å². The lowest BCUT2D eigenvalue weighted by Crippen LogP contribution is -2.14. The molecule has 0 fully saturated rings. The van der Waals surface area contributed by atoms with Crippen molar-refractivity contribution in [3.8, 4) is 5.75 Å². The maximum absolute atomic E-state index is 12.0. The van der Waals surface area contributed by atoms with E-state index in [2.05, 4.69) is 23.4 Å². The quantitative estimate of drug-likeness (QED) is 0.698. The van der Waals surface area contributed by atoms with E-state index in [9.17, 15) is 4.79 Å². The molecule has 1 amide bonds. The Morgan fingerprint density at radius 2 is 2.00 bits per heavy atom. The molecule has 0 saturated heterocycles. The minimum atomic E-state index is -0.0197. The van der Waals surface area contributed by atoms with Gasteiger partial charge in [0.1, 0.15) is 11.4 Å². The number of aryl methyl sites for hydroxylation is 1. The number of aromatic nitrogens is 2. The van der Waals surface area contributed by atoms with Gasteiger partial charge in [0.2, 0.25) is 5.91 Å². The number of thioether (sulfide) groups is 1. The zero-order valence-corrected chi connectivity index (χ0v) is 15.2. The average Bonchev–Trinajstić information content (AvgIpc) is 2.98. The molecule has 2 aromatic heterocycles. The first-order valence-corrected chi connectivity index (χ1v) is 9.34. The summed E-state index contributed by atoms with van der Waals surface area (Å²) in [5, 5.41) is 2.89. The van der Waals surface area contributed by atoms with Crippen LogP contribution < -0.4 is 10.1 Å². The summed E-state index contributed by atoms with van der Waals surface area (Å²) in [7, 11) is 0. The smallest absolute Gasteiger partial charge is 0.234 e. The van der Waals surface area contributed by atoms with Gasteiger partial charge in [-0.3, -0.25) is 4.79 Å². The fourth-order valence-corrected chi connectivity index (χ4v) is 3.18. The van der Waals surface area contributed by atoms with Crippen molar-refractivity contribution in [3.05, 3.63) is 60.0 Å². The van der Waals surface area contributed by atoms with E-state index in [0.717, 1.165) is 22.8 Å². The van der Waals surface area contributed by atoms with Gasteiger partial charge >= 0.3 is 0 Å². The summed E-state index contributed by atoms with van der Waals surface area (Å²) in [6.45, 7) is 4.63. The van der Waals surface area contributed by atoms with E-state index in [0.29, 0.717) is 18.1 Å². The SMILES string of the molecule is CCOc1ccc(NC(=O)CSCc2cn3cc(C)ccc3n2)cc1. The van der Waals surface area contributed by atoms with Crippen molar-refractivity contribution >= 4 is 29.0 Å². The normalized spacial score (nSPS) is 10.8. The molecule has 0 spiro atoms. The number of carbonyl (C=O) groups excluding carboxylic acids is 1. The molecule has 0 saturated carbocycles. The average molecular weight is 355 g/mol. The molecule has 130 valence electrons. The molecule has 0 atom stereocenters. The van der Waals surface area contributed by atoms with Crippen LogP contribution in [-0.2, 0) is 10.5 Å². The van der Waals surface area contributed by atoms with Crippen LogP contribution in [0.2, 0.25) is 0 Å². The van der Waals surface area contributed by atoms with E-state index in [1.807, 2.05) is 53.9 Å². The van der Waals surface area contributed by atoms with Crippen LogP contribution in [0.3, 0.4) is 0 Å². The van der Waals surface area contributed by atoms with Crippen molar-refractivity contribution in [2.24, 2.45) is 0 Å². The number of nitrogens with one attached hydrogen (secondary N) is 1. The first-order chi connectivity index (χ1) is 12.1. The molecular formula is C19H21N3O2S. The summed E-state index contributed by atoms with van der Waals surface area (Å²) in [4.78, 5) is 16.6. The van der Waals surface area contributed by atoms with Gasteiger partial charge in [-0.2, -0.15) is 0 Å². The van der Waals surface area contributed by atoms with Crippen LogP contribution in [0.1, 0.15) is 18.2 Å². The highest BCUT2D eigenvalue weighted by Gasteiger charge is 2.06. The molecule has 0 bridgehead atoms. The molecule has 25 heavy (non-hydrogen) atoms. The maximum atomic E-state index is 12.0. The molecule has 1 aromatic carbocycles. The Labute approximate surface area is 151 Å².